The summed E-state index contributed by atoms with van der Waals surface area (Å²) in [4.78, 5) is 14.9. The third kappa shape index (κ3) is 7.75. The lowest BCUT2D eigenvalue weighted by Gasteiger charge is -2.38. The van der Waals surface area contributed by atoms with Gasteiger partial charge in [0.1, 0.15) is 12.4 Å². The van der Waals surface area contributed by atoms with Gasteiger partial charge in [-0.2, -0.15) is 4.31 Å². The number of sulfonamides is 1. The molecule has 2 aromatic carbocycles. The van der Waals surface area contributed by atoms with Gasteiger partial charge in [0.2, 0.25) is 15.9 Å². The number of carbonyl (C=O) groups excluding carboxylic acids is 1. The Morgan fingerprint density at radius 2 is 1.82 bits per heavy atom. The molecule has 2 fully saturated rings. The van der Waals surface area contributed by atoms with E-state index in [-0.39, 0.29) is 53.0 Å². The third-order valence-electron chi connectivity index (χ3n) is 7.94. The molecule has 0 radical (unpaired) electrons. The molecule has 2 aliphatic rings. The molecular formula is C29H38Cl2FN3O4S. The van der Waals surface area contributed by atoms with E-state index in [1.54, 1.807) is 12.1 Å². The van der Waals surface area contributed by atoms with Gasteiger partial charge >= 0.3 is 0 Å². The van der Waals surface area contributed by atoms with Crippen LogP contribution < -0.4 is 5.32 Å². The Balaban J connectivity index is 1.26. The molecule has 0 bridgehead atoms. The van der Waals surface area contributed by atoms with Crippen LogP contribution in [-0.4, -0.2) is 69.5 Å². The molecule has 11 heteroatoms. The number of amides is 1. The van der Waals surface area contributed by atoms with Crippen LogP contribution in [0, 0.1) is 11.7 Å². The summed E-state index contributed by atoms with van der Waals surface area (Å²) in [6, 6.07) is 10.9. The minimum atomic E-state index is -3.78. The molecule has 0 spiro atoms. The zero-order chi connectivity index (χ0) is 28.9. The molecular weight excluding hydrogens is 576 g/mol. The van der Waals surface area contributed by atoms with Crippen LogP contribution in [0.2, 0.25) is 10.0 Å². The van der Waals surface area contributed by atoms with Gasteiger partial charge in [0.15, 0.2) is 0 Å². The van der Waals surface area contributed by atoms with E-state index < -0.39 is 10.0 Å². The first-order chi connectivity index (χ1) is 19.1. The standard InChI is InChI=1S/C29H38Cl2FN3O4S/c1-34(2)29(21-6-5-7-22(32)16-21)20-9-11-23(12-10-20)33-28(36)19-39-18-24-8-3-4-15-35(24)40(37,38)25-13-14-26(30)27(31)17-25/h5-7,13-14,16-17,20,23-24,29H,3-4,8-12,15,18-19H2,1-2H3,(H,33,36). The largest absolute Gasteiger partial charge is 0.370 e. The summed E-state index contributed by atoms with van der Waals surface area (Å²) in [7, 11) is 0.256. The van der Waals surface area contributed by atoms with Crippen molar-refractivity contribution in [3.63, 3.8) is 0 Å². The minimum absolute atomic E-state index is 0.0591. The molecule has 2 atom stereocenters. The van der Waals surface area contributed by atoms with Crippen LogP contribution in [-0.2, 0) is 19.6 Å². The Bertz CT molecular complexity index is 1270. The van der Waals surface area contributed by atoms with E-state index in [0.29, 0.717) is 23.9 Å². The Labute approximate surface area is 247 Å². The highest BCUT2D eigenvalue weighted by Crippen LogP contribution is 2.37. The summed E-state index contributed by atoms with van der Waals surface area (Å²) in [6.45, 7) is 0.398. The van der Waals surface area contributed by atoms with E-state index >= 15 is 0 Å². The lowest BCUT2D eigenvalue weighted by Crippen LogP contribution is -2.46. The molecule has 0 aromatic heterocycles. The van der Waals surface area contributed by atoms with Gasteiger partial charge in [0.25, 0.3) is 0 Å². The minimum Gasteiger partial charge on any atom is -0.370 e. The number of rotatable bonds is 10. The maximum atomic E-state index is 13.8. The number of nitrogens with zero attached hydrogens (tertiary/aromatic N) is 2. The van der Waals surface area contributed by atoms with E-state index in [4.69, 9.17) is 27.9 Å². The van der Waals surface area contributed by atoms with E-state index in [1.165, 1.54) is 28.6 Å². The number of hydrogen-bond acceptors (Lipinski definition) is 5. The van der Waals surface area contributed by atoms with Crippen LogP contribution in [0.4, 0.5) is 4.39 Å². The second-order valence-electron chi connectivity index (χ2n) is 11.0. The van der Waals surface area contributed by atoms with Gasteiger partial charge in [-0.05, 0) is 94.4 Å². The normalized spacial score (nSPS) is 23.2. The molecule has 4 rings (SSSR count). The molecule has 1 aliphatic carbocycles. The van der Waals surface area contributed by atoms with Crippen molar-refractivity contribution in [3.05, 3.63) is 63.9 Å². The quantitative estimate of drug-likeness (QED) is 0.373. The fourth-order valence-electron chi connectivity index (χ4n) is 6.05. The van der Waals surface area contributed by atoms with E-state index in [1.807, 2.05) is 20.2 Å². The van der Waals surface area contributed by atoms with Gasteiger partial charge in [-0.1, -0.05) is 41.8 Å². The highest BCUT2D eigenvalue weighted by atomic mass is 35.5. The number of halogens is 3. The summed E-state index contributed by atoms with van der Waals surface area (Å²) in [5.74, 6) is -0.0583. The maximum Gasteiger partial charge on any atom is 0.246 e. The number of nitrogens with one attached hydrogen (secondary N) is 1. The fraction of sp³-hybridized carbons (Fsp3) is 0.552. The lowest BCUT2D eigenvalue weighted by molar-refractivity contribution is -0.127. The van der Waals surface area contributed by atoms with Gasteiger partial charge in [0, 0.05) is 24.7 Å². The highest BCUT2D eigenvalue weighted by molar-refractivity contribution is 7.89. The number of ether oxygens (including phenoxy) is 1. The summed E-state index contributed by atoms with van der Waals surface area (Å²) >= 11 is 12.0. The Morgan fingerprint density at radius 3 is 2.50 bits per heavy atom. The number of piperidine rings is 1. The van der Waals surface area contributed by atoms with Crippen LogP contribution in [0.3, 0.4) is 0 Å². The number of benzene rings is 2. The molecule has 7 nitrogen and oxygen atoms in total. The van der Waals surface area contributed by atoms with Crippen molar-refractivity contribution in [3.8, 4) is 0 Å². The Kier molecular flexibility index (Phi) is 10.9. The van der Waals surface area contributed by atoms with Crippen LogP contribution in [0.5, 0.6) is 0 Å². The van der Waals surface area contributed by atoms with Crippen LogP contribution >= 0.6 is 23.2 Å². The fourth-order valence-corrected chi connectivity index (χ4v) is 8.12. The number of carbonyl (C=O) groups is 1. The topological polar surface area (TPSA) is 79.0 Å². The Hall–Kier alpha value is -1.75. The summed E-state index contributed by atoms with van der Waals surface area (Å²) in [6.07, 6.45) is 5.84. The van der Waals surface area contributed by atoms with Crippen molar-refractivity contribution in [2.45, 2.75) is 68.0 Å². The van der Waals surface area contributed by atoms with Crippen molar-refractivity contribution < 1.29 is 22.3 Å². The summed E-state index contributed by atoms with van der Waals surface area (Å²) in [5, 5.41) is 3.56. The molecule has 220 valence electrons. The second-order valence-corrected chi connectivity index (χ2v) is 13.7. The van der Waals surface area contributed by atoms with Gasteiger partial charge in [0.05, 0.1) is 21.5 Å². The molecule has 1 amide bonds. The predicted molar refractivity (Wildman–Crippen MR) is 156 cm³/mol. The van der Waals surface area contributed by atoms with Gasteiger partial charge in [-0.3, -0.25) is 4.79 Å². The second kappa shape index (κ2) is 13.9. The first kappa shape index (κ1) is 31.2. The maximum absolute atomic E-state index is 13.8. The smallest absolute Gasteiger partial charge is 0.246 e. The van der Waals surface area contributed by atoms with E-state index in [0.717, 1.165) is 44.1 Å². The molecule has 2 unspecified atom stereocenters. The van der Waals surface area contributed by atoms with Crippen molar-refractivity contribution in [2.75, 3.05) is 33.9 Å². The first-order valence-electron chi connectivity index (χ1n) is 13.8. The lowest BCUT2D eigenvalue weighted by atomic mass is 9.78. The zero-order valence-electron chi connectivity index (χ0n) is 23.0. The molecule has 2 aromatic rings. The van der Waals surface area contributed by atoms with E-state index in [2.05, 4.69) is 10.2 Å². The molecule has 1 N–H and O–H groups in total. The number of hydrogen-bond donors (Lipinski definition) is 1. The van der Waals surface area contributed by atoms with Crippen molar-refractivity contribution in [1.29, 1.82) is 0 Å². The van der Waals surface area contributed by atoms with Gasteiger partial charge < -0.3 is 15.0 Å². The molecule has 40 heavy (non-hydrogen) atoms. The predicted octanol–water partition coefficient (Wildman–Crippen LogP) is 5.67. The van der Waals surface area contributed by atoms with Gasteiger partial charge in [-0.25, -0.2) is 12.8 Å². The van der Waals surface area contributed by atoms with Crippen molar-refractivity contribution >= 4 is 39.1 Å². The van der Waals surface area contributed by atoms with Crippen LogP contribution in [0.25, 0.3) is 0 Å². The Morgan fingerprint density at radius 1 is 1.07 bits per heavy atom. The van der Waals surface area contributed by atoms with Crippen LogP contribution in [0.15, 0.2) is 47.4 Å². The van der Waals surface area contributed by atoms with Crippen molar-refractivity contribution in [1.82, 2.24) is 14.5 Å². The first-order valence-corrected chi connectivity index (χ1v) is 16.0. The monoisotopic (exact) mass is 613 g/mol. The van der Waals surface area contributed by atoms with Crippen LogP contribution in [0.1, 0.15) is 56.6 Å². The molecule has 1 heterocycles. The highest BCUT2D eigenvalue weighted by Gasteiger charge is 2.34. The van der Waals surface area contributed by atoms with Gasteiger partial charge in [-0.15, -0.1) is 0 Å². The average Bonchev–Trinajstić information content (AvgIpc) is 2.91. The zero-order valence-corrected chi connectivity index (χ0v) is 25.3. The SMILES string of the molecule is CN(C)C(c1cccc(F)c1)C1CCC(NC(=O)COCC2CCCCN2S(=O)(=O)c2ccc(Cl)c(Cl)c2)CC1. The van der Waals surface area contributed by atoms with E-state index in [9.17, 15) is 17.6 Å². The third-order valence-corrected chi connectivity index (χ3v) is 10.6. The summed E-state index contributed by atoms with van der Waals surface area (Å²) in [5.41, 5.74) is 0.976. The molecule has 1 saturated carbocycles. The molecule has 1 saturated heterocycles. The summed E-state index contributed by atoms with van der Waals surface area (Å²) < 4.78 is 47.7. The van der Waals surface area contributed by atoms with Crippen molar-refractivity contribution in [2.24, 2.45) is 5.92 Å². The average molecular weight is 615 g/mol. The molecule has 1 aliphatic heterocycles.